The van der Waals surface area contributed by atoms with Crippen molar-refractivity contribution in [3.8, 4) is 11.1 Å². The van der Waals surface area contributed by atoms with Gasteiger partial charge in [0.15, 0.2) is 0 Å². The Balaban J connectivity index is 1.40. The van der Waals surface area contributed by atoms with Crippen LogP contribution < -0.4 is 0 Å². The molecule has 2 atom stereocenters. The Morgan fingerprint density at radius 2 is 1.71 bits per heavy atom. The minimum atomic E-state index is -0.286. The first-order valence-corrected chi connectivity index (χ1v) is 10.4. The summed E-state index contributed by atoms with van der Waals surface area (Å²) >= 11 is 0. The van der Waals surface area contributed by atoms with E-state index in [9.17, 15) is 9.90 Å². The van der Waals surface area contributed by atoms with E-state index < -0.39 is 0 Å². The van der Waals surface area contributed by atoms with E-state index in [1.54, 1.807) is 0 Å². The van der Waals surface area contributed by atoms with Crippen LogP contribution in [0.3, 0.4) is 0 Å². The Kier molecular flexibility index (Phi) is 5.51. The Morgan fingerprint density at radius 3 is 2.36 bits per heavy atom. The highest BCUT2D eigenvalue weighted by atomic mass is 16.5. The zero-order valence-electron chi connectivity index (χ0n) is 16.5. The first kappa shape index (κ1) is 19.2. The summed E-state index contributed by atoms with van der Waals surface area (Å²) < 4.78 is 6.33. The molecule has 4 heteroatoms. The van der Waals surface area contributed by atoms with Gasteiger partial charge in [0.1, 0.15) is 0 Å². The lowest BCUT2D eigenvalue weighted by molar-refractivity contribution is -0.179. The van der Waals surface area contributed by atoms with Gasteiger partial charge in [0.25, 0.3) is 5.91 Å². The van der Waals surface area contributed by atoms with Gasteiger partial charge in [-0.15, -0.1) is 0 Å². The van der Waals surface area contributed by atoms with Crippen molar-refractivity contribution in [1.29, 1.82) is 0 Å². The molecule has 0 aromatic heterocycles. The van der Waals surface area contributed by atoms with Crippen molar-refractivity contribution in [2.45, 2.75) is 56.8 Å². The number of amides is 1. The van der Waals surface area contributed by atoms with Crippen LogP contribution in [0.4, 0.5) is 0 Å². The number of aliphatic hydroxyl groups excluding tert-OH is 1. The maximum absolute atomic E-state index is 12.9. The highest BCUT2D eigenvalue weighted by molar-refractivity contribution is 5.94. The van der Waals surface area contributed by atoms with Gasteiger partial charge >= 0.3 is 0 Å². The third-order valence-corrected chi connectivity index (χ3v) is 6.22. The highest BCUT2D eigenvalue weighted by Gasteiger charge is 2.43. The van der Waals surface area contributed by atoms with E-state index in [2.05, 4.69) is 19.1 Å². The summed E-state index contributed by atoms with van der Waals surface area (Å²) in [5.74, 6) is 0.0814. The van der Waals surface area contributed by atoms with E-state index in [1.807, 2.05) is 47.4 Å². The summed E-state index contributed by atoms with van der Waals surface area (Å²) in [5.41, 5.74) is 2.74. The number of aliphatic hydroxyl groups is 1. The Labute approximate surface area is 167 Å². The summed E-state index contributed by atoms with van der Waals surface area (Å²) in [6.45, 7) is 3.47. The van der Waals surface area contributed by atoms with Gasteiger partial charge in [0, 0.05) is 25.1 Å². The quantitative estimate of drug-likeness (QED) is 0.866. The molecule has 28 heavy (non-hydrogen) atoms. The maximum Gasteiger partial charge on any atom is 0.253 e. The molecule has 2 aromatic rings. The van der Waals surface area contributed by atoms with E-state index in [-0.39, 0.29) is 23.7 Å². The van der Waals surface area contributed by atoms with Gasteiger partial charge in [-0.25, -0.2) is 0 Å². The molecule has 0 saturated carbocycles. The minimum Gasteiger partial charge on any atom is -0.393 e. The van der Waals surface area contributed by atoms with Gasteiger partial charge < -0.3 is 14.7 Å². The predicted molar refractivity (Wildman–Crippen MR) is 110 cm³/mol. The SMILES string of the molecule is CC[C@H]1C[C@@H](O)CC2(CCN(C(=O)c3ccc(-c4ccccc4)cc3)CC2)O1. The van der Waals surface area contributed by atoms with Crippen LogP contribution >= 0.6 is 0 Å². The van der Waals surface area contributed by atoms with E-state index in [0.717, 1.165) is 42.4 Å². The number of likely N-dealkylation sites (tertiary alicyclic amines) is 1. The summed E-state index contributed by atoms with van der Waals surface area (Å²) in [6, 6.07) is 18.1. The van der Waals surface area contributed by atoms with Crippen molar-refractivity contribution in [3.63, 3.8) is 0 Å². The standard InChI is InChI=1S/C24H29NO3/c1-2-22-16-21(26)17-24(28-22)12-14-25(15-13-24)23(27)20-10-8-19(9-11-20)18-6-4-3-5-7-18/h3-11,21-22,26H,2,12-17H2,1H3/t21-,22+/m1/s1. The van der Waals surface area contributed by atoms with E-state index in [0.29, 0.717) is 19.5 Å². The number of ether oxygens (including phenoxy) is 1. The second-order valence-corrected chi connectivity index (χ2v) is 8.16. The molecular weight excluding hydrogens is 350 g/mol. The number of rotatable bonds is 3. The van der Waals surface area contributed by atoms with Gasteiger partial charge in [-0.3, -0.25) is 4.79 Å². The van der Waals surface area contributed by atoms with Crippen LogP contribution in [0.25, 0.3) is 11.1 Å². The minimum absolute atomic E-state index is 0.0814. The van der Waals surface area contributed by atoms with Gasteiger partial charge in [-0.1, -0.05) is 49.4 Å². The lowest BCUT2D eigenvalue weighted by Gasteiger charge is -2.47. The van der Waals surface area contributed by atoms with Crippen LogP contribution in [0.5, 0.6) is 0 Å². The number of carbonyl (C=O) groups is 1. The normalized spacial score (nSPS) is 24.3. The van der Waals surface area contributed by atoms with Crippen LogP contribution in [-0.2, 0) is 4.74 Å². The molecule has 2 aliphatic heterocycles. The zero-order valence-corrected chi connectivity index (χ0v) is 16.5. The van der Waals surface area contributed by atoms with Crippen molar-refractivity contribution >= 4 is 5.91 Å². The average molecular weight is 380 g/mol. The molecule has 148 valence electrons. The molecule has 0 unspecified atom stereocenters. The first-order chi connectivity index (χ1) is 13.6. The number of piperidine rings is 1. The molecular formula is C24H29NO3. The van der Waals surface area contributed by atoms with Crippen molar-refractivity contribution < 1.29 is 14.6 Å². The first-order valence-electron chi connectivity index (χ1n) is 10.4. The molecule has 4 nitrogen and oxygen atoms in total. The van der Waals surface area contributed by atoms with Gasteiger partial charge in [-0.2, -0.15) is 0 Å². The molecule has 1 amide bonds. The molecule has 2 saturated heterocycles. The third kappa shape index (κ3) is 3.98. The smallest absolute Gasteiger partial charge is 0.253 e. The summed E-state index contributed by atoms with van der Waals surface area (Å²) in [4.78, 5) is 14.9. The van der Waals surface area contributed by atoms with Crippen molar-refractivity contribution in [2.24, 2.45) is 0 Å². The van der Waals surface area contributed by atoms with E-state index >= 15 is 0 Å². The number of hydrogen-bond donors (Lipinski definition) is 1. The topological polar surface area (TPSA) is 49.8 Å². The van der Waals surface area contributed by atoms with Gasteiger partial charge in [0.05, 0.1) is 17.8 Å². The number of nitrogens with zero attached hydrogens (tertiary/aromatic N) is 1. The summed E-state index contributed by atoms with van der Waals surface area (Å²) in [7, 11) is 0. The van der Waals surface area contributed by atoms with Gasteiger partial charge in [-0.05, 0) is 48.9 Å². The molecule has 2 aliphatic rings. The van der Waals surface area contributed by atoms with Crippen LogP contribution in [0.2, 0.25) is 0 Å². The predicted octanol–water partition coefficient (Wildman–Crippen LogP) is 4.28. The van der Waals surface area contributed by atoms with Gasteiger partial charge in [0.2, 0.25) is 0 Å². The Morgan fingerprint density at radius 1 is 1.07 bits per heavy atom. The molecule has 2 fully saturated rings. The fourth-order valence-electron chi connectivity index (χ4n) is 4.57. The second kappa shape index (κ2) is 8.06. The van der Waals surface area contributed by atoms with Crippen LogP contribution in [0.1, 0.15) is 49.4 Å². The lowest BCUT2D eigenvalue weighted by atomic mass is 9.81. The van der Waals surface area contributed by atoms with Crippen LogP contribution in [0, 0.1) is 0 Å². The van der Waals surface area contributed by atoms with Crippen LogP contribution in [0.15, 0.2) is 54.6 Å². The monoisotopic (exact) mass is 379 g/mol. The Hall–Kier alpha value is -2.17. The zero-order chi connectivity index (χ0) is 19.6. The molecule has 0 radical (unpaired) electrons. The van der Waals surface area contributed by atoms with E-state index in [4.69, 9.17) is 4.74 Å². The molecule has 2 aromatic carbocycles. The largest absolute Gasteiger partial charge is 0.393 e. The summed E-state index contributed by atoms with van der Waals surface area (Å²) in [5, 5.41) is 10.2. The highest BCUT2D eigenvalue weighted by Crippen LogP contribution is 2.38. The number of carbonyl (C=O) groups excluding carboxylic acids is 1. The third-order valence-electron chi connectivity index (χ3n) is 6.22. The lowest BCUT2D eigenvalue weighted by Crippen LogP contribution is -2.53. The van der Waals surface area contributed by atoms with E-state index in [1.165, 1.54) is 0 Å². The average Bonchev–Trinajstić information content (AvgIpc) is 2.74. The van der Waals surface area contributed by atoms with Crippen molar-refractivity contribution in [1.82, 2.24) is 4.90 Å². The molecule has 0 aliphatic carbocycles. The second-order valence-electron chi connectivity index (χ2n) is 8.16. The fraction of sp³-hybridized carbons (Fsp3) is 0.458. The molecule has 1 spiro atoms. The van der Waals surface area contributed by atoms with Crippen molar-refractivity contribution in [3.05, 3.63) is 60.2 Å². The number of hydrogen-bond acceptors (Lipinski definition) is 3. The maximum atomic E-state index is 12.9. The van der Waals surface area contributed by atoms with Crippen molar-refractivity contribution in [2.75, 3.05) is 13.1 Å². The van der Waals surface area contributed by atoms with Crippen LogP contribution in [-0.4, -0.2) is 46.8 Å². The summed E-state index contributed by atoms with van der Waals surface area (Å²) in [6.07, 6.45) is 3.80. The number of benzene rings is 2. The Bertz CT molecular complexity index is 794. The molecule has 4 rings (SSSR count). The molecule has 0 bridgehead atoms. The molecule has 2 heterocycles. The molecule has 1 N–H and O–H groups in total. The fourth-order valence-corrected chi connectivity index (χ4v) is 4.57.